The van der Waals surface area contributed by atoms with Crippen molar-refractivity contribution in [3.63, 3.8) is 0 Å². The minimum atomic E-state index is 0.161. The summed E-state index contributed by atoms with van der Waals surface area (Å²) in [6, 6.07) is 12.5. The average molecular weight is 390 g/mol. The maximum atomic E-state index is 5.50. The molecule has 0 radical (unpaired) electrons. The molecule has 0 atom stereocenters. The Morgan fingerprint density at radius 3 is 2.90 bits per heavy atom. The molecule has 3 aromatic rings. The molecular formula is C23H27N5O. The fourth-order valence-electron chi connectivity index (χ4n) is 4.36. The second-order valence-electron chi connectivity index (χ2n) is 8.65. The Kier molecular flexibility index (Phi) is 4.32. The number of rotatable bonds is 4. The van der Waals surface area contributed by atoms with E-state index in [1.54, 1.807) is 0 Å². The zero-order chi connectivity index (χ0) is 20.0. The van der Waals surface area contributed by atoms with Crippen LogP contribution in [0.5, 0.6) is 0 Å². The van der Waals surface area contributed by atoms with E-state index in [-0.39, 0.29) is 5.41 Å². The first-order chi connectivity index (χ1) is 14.0. The van der Waals surface area contributed by atoms with Crippen LogP contribution in [0.15, 0.2) is 43.0 Å². The van der Waals surface area contributed by atoms with Crippen LogP contribution in [0, 0.1) is 5.92 Å². The predicted octanol–water partition coefficient (Wildman–Crippen LogP) is 4.62. The van der Waals surface area contributed by atoms with E-state index in [1.807, 2.05) is 16.6 Å². The van der Waals surface area contributed by atoms with Crippen molar-refractivity contribution in [1.82, 2.24) is 14.6 Å². The van der Waals surface area contributed by atoms with E-state index in [2.05, 4.69) is 60.3 Å². The highest BCUT2D eigenvalue weighted by Crippen LogP contribution is 2.38. The lowest BCUT2D eigenvalue weighted by Crippen LogP contribution is -2.18. The van der Waals surface area contributed by atoms with Crippen molar-refractivity contribution in [1.29, 1.82) is 0 Å². The van der Waals surface area contributed by atoms with Gasteiger partial charge in [0.25, 0.3) is 0 Å². The molecule has 0 amide bonds. The van der Waals surface area contributed by atoms with Crippen molar-refractivity contribution < 1.29 is 4.74 Å². The first-order valence-electron chi connectivity index (χ1n) is 10.3. The second kappa shape index (κ2) is 6.88. The van der Waals surface area contributed by atoms with Crippen molar-refractivity contribution >= 4 is 28.5 Å². The Hall–Kier alpha value is -2.86. The molecule has 0 bridgehead atoms. The summed E-state index contributed by atoms with van der Waals surface area (Å²) in [5.41, 5.74) is 6.62. The largest absolute Gasteiger partial charge is 0.384 e. The Balaban J connectivity index is 1.43. The summed E-state index contributed by atoms with van der Waals surface area (Å²) in [6.45, 7) is 11.4. The summed E-state index contributed by atoms with van der Waals surface area (Å²) in [5.74, 6) is 1.02. The molecule has 2 aliphatic rings. The molecule has 29 heavy (non-hydrogen) atoms. The highest BCUT2D eigenvalue weighted by Gasteiger charge is 2.29. The van der Waals surface area contributed by atoms with Crippen LogP contribution in [0.1, 0.15) is 37.9 Å². The molecule has 2 aromatic heterocycles. The maximum absolute atomic E-state index is 5.50. The molecule has 0 aliphatic carbocycles. The topological polar surface area (TPSA) is 63.5 Å². The van der Waals surface area contributed by atoms with Gasteiger partial charge in [-0.2, -0.15) is 4.98 Å². The molecule has 0 saturated carbocycles. The lowest BCUT2D eigenvalue weighted by Gasteiger charge is -2.24. The van der Waals surface area contributed by atoms with E-state index < -0.39 is 0 Å². The maximum Gasteiger partial charge on any atom is 0.247 e. The second-order valence-corrected chi connectivity index (χ2v) is 8.65. The van der Waals surface area contributed by atoms with Gasteiger partial charge in [0.15, 0.2) is 5.65 Å². The summed E-state index contributed by atoms with van der Waals surface area (Å²) in [7, 11) is 0. The minimum Gasteiger partial charge on any atom is -0.384 e. The number of hydrogen-bond donors (Lipinski definition) is 2. The molecule has 5 rings (SSSR count). The number of allylic oxidation sites excluding steroid dienone is 1. The van der Waals surface area contributed by atoms with Crippen LogP contribution >= 0.6 is 0 Å². The molecule has 6 nitrogen and oxygen atoms in total. The van der Waals surface area contributed by atoms with Crippen molar-refractivity contribution in [2.45, 2.75) is 32.1 Å². The molecule has 2 aliphatic heterocycles. The number of nitrogens with zero attached hydrogens (tertiary/aromatic N) is 3. The number of ether oxygens (including phenoxy) is 1. The van der Waals surface area contributed by atoms with E-state index in [9.17, 15) is 0 Å². The number of pyridine rings is 1. The minimum absolute atomic E-state index is 0.161. The first kappa shape index (κ1) is 18.2. The van der Waals surface area contributed by atoms with Gasteiger partial charge in [0.05, 0.1) is 5.69 Å². The van der Waals surface area contributed by atoms with Gasteiger partial charge in [-0.25, -0.2) is 4.52 Å². The van der Waals surface area contributed by atoms with E-state index in [0.717, 1.165) is 55.2 Å². The summed E-state index contributed by atoms with van der Waals surface area (Å²) in [6.07, 6.45) is 2.01. The molecule has 150 valence electrons. The monoisotopic (exact) mass is 389 g/mol. The van der Waals surface area contributed by atoms with Gasteiger partial charge in [-0.15, -0.1) is 5.10 Å². The van der Waals surface area contributed by atoms with Gasteiger partial charge in [0.1, 0.15) is 0 Å². The van der Waals surface area contributed by atoms with Crippen LogP contribution in [0.4, 0.5) is 17.3 Å². The molecule has 6 heteroatoms. The molecular weight excluding hydrogens is 362 g/mol. The smallest absolute Gasteiger partial charge is 0.247 e. The fourth-order valence-corrected chi connectivity index (χ4v) is 4.36. The molecule has 1 aromatic carbocycles. The molecule has 0 unspecified atom stereocenters. The summed E-state index contributed by atoms with van der Waals surface area (Å²) < 4.78 is 7.39. The average Bonchev–Trinajstić information content (AvgIpc) is 3.27. The third-order valence-electron chi connectivity index (χ3n) is 6.13. The quantitative estimate of drug-likeness (QED) is 0.682. The van der Waals surface area contributed by atoms with Gasteiger partial charge in [-0.1, -0.05) is 32.6 Å². The van der Waals surface area contributed by atoms with Gasteiger partial charge < -0.3 is 15.4 Å². The number of anilines is 3. The predicted molar refractivity (Wildman–Crippen MR) is 117 cm³/mol. The number of benzene rings is 1. The van der Waals surface area contributed by atoms with Crippen LogP contribution in [0.25, 0.3) is 11.2 Å². The van der Waals surface area contributed by atoms with Crippen LogP contribution in [0.2, 0.25) is 0 Å². The van der Waals surface area contributed by atoms with Crippen LogP contribution in [0.3, 0.4) is 0 Å². The molecule has 1 fully saturated rings. The van der Waals surface area contributed by atoms with Crippen molar-refractivity contribution in [2.75, 3.05) is 30.4 Å². The molecule has 2 N–H and O–H groups in total. The van der Waals surface area contributed by atoms with Crippen molar-refractivity contribution in [3.05, 3.63) is 54.2 Å². The van der Waals surface area contributed by atoms with E-state index in [4.69, 9.17) is 9.84 Å². The molecule has 1 saturated heterocycles. The fraction of sp³-hybridized carbons (Fsp3) is 0.391. The van der Waals surface area contributed by atoms with Gasteiger partial charge in [0.2, 0.25) is 5.95 Å². The van der Waals surface area contributed by atoms with Crippen molar-refractivity contribution in [3.8, 4) is 0 Å². The number of nitrogens with one attached hydrogen (secondary N) is 2. The Labute approximate surface area is 171 Å². The Bertz CT molecular complexity index is 1080. The number of hydrogen-bond acceptors (Lipinski definition) is 5. The van der Waals surface area contributed by atoms with E-state index >= 15 is 0 Å². The van der Waals surface area contributed by atoms with E-state index in [0.29, 0.717) is 11.9 Å². The summed E-state index contributed by atoms with van der Waals surface area (Å²) in [5, 5.41) is 11.6. The Morgan fingerprint density at radius 2 is 2.07 bits per heavy atom. The Morgan fingerprint density at radius 1 is 1.24 bits per heavy atom. The zero-order valence-electron chi connectivity index (χ0n) is 17.0. The molecule has 4 heterocycles. The van der Waals surface area contributed by atoms with E-state index in [1.165, 1.54) is 11.3 Å². The number of fused-ring (bicyclic) bond motifs is 2. The number of aromatic nitrogens is 3. The van der Waals surface area contributed by atoms with Crippen molar-refractivity contribution in [2.24, 2.45) is 5.92 Å². The first-order valence-corrected chi connectivity index (χ1v) is 10.3. The van der Waals surface area contributed by atoms with Gasteiger partial charge in [0, 0.05) is 36.5 Å². The van der Waals surface area contributed by atoms with Crippen LogP contribution in [-0.4, -0.2) is 34.4 Å². The standard InChI is InChI=1S/C23H27N5O/c1-15(16-9-11-29-12-10-16)20-5-4-6-21-26-22(27-28(20)21)25-17-7-8-18-19(13-17)24-14-23(18,2)3/h4-8,13,16,24H,1,9-12,14H2,2-3H3,(H,25,27). The summed E-state index contributed by atoms with van der Waals surface area (Å²) >= 11 is 0. The normalized spacial score (nSPS) is 18.4. The third-order valence-corrected chi connectivity index (χ3v) is 6.13. The van der Waals surface area contributed by atoms with Gasteiger partial charge >= 0.3 is 0 Å². The zero-order valence-corrected chi connectivity index (χ0v) is 17.0. The van der Waals surface area contributed by atoms with Gasteiger partial charge in [-0.3, -0.25) is 0 Å². The molecule has 0 spiro atoms. The van der Waals surface area contributed by atoms with Crippen LogP contribution in [-0.2, 0) is 10.2 Å². The SMILES string of the molecule is C=C(c1cccc2nc(Nc3ccc4c(c3)NCC4(C)C)nn12)C1CCOCC1. The summed E-state index contributed by atoms with van der Waals surface area (Å²) in [4.78, 5) is 4.67. The van der Waals surface area contributed by atoms with Crippen LogP contribution < -0.4 is 10.6 Å². The lowest BCUT2D eigenvalue weighted by atomic mass is 9.87. The highest BCUT2D eigenvalue weighted by atomic mass is 16.5. The highest BCUT2D eigenvalue weighted by molar-refractivity contribution is 5.70. The lowest BCUT2D eigenvalue weighted by molar-refractivity contribution is 0.0807. The van der Waals surface area contributed by atoms with Gasteiger partial charge in [-0.05, 0) is 54.2 Å². The third kappa shape index (κ3) is 3.27.